The number of aliphatic carboxylic acids is 1. The Kier molecular flexibility index (Phi) is 2.59. The summed E-state index contributed by atoms with van der Waals surface area (Å²) in [6.45, 7) is 0. The molecular weight excluding hydrogens is 188 g/mol. The van der Waals surface area contributed by atoms with Crippen LogP contribution in [-0.2, 0) is 14.3 Å². The van der Waals surface area contributed by atoms with E-state index in [1.165, 1.54) is 0 Å². The summed E-state index contributed by atoms with van der Waals surface area (Å²) in [5.41, 5.74) is 5.07. The van der Waals surface area contributed by atoms with Gasteiger partial charge in [0.2, 0.25) is 5.91 Å². The van der Waals surface area contributed by atoms with Crippen LogP contribution in [0, 0.1) is 11.8 Å². The zero-order valence-corrected chi connectivity index (χ0v) is 7.67. The van der Waals surface area contributed by atoms with Crippen molar-refractivity contribution < 1.29 is 19.4 Å². The van der Waals surface area contributed by atoms with E-state index in [1.807, 2.05) is 0 Å². The van der Waals surface area contributed by atoms with Crippen molar-refractivity contribution >= 4 is 11.9 Å². The molecule has 78 valence electrons. The topological polar surface area (TPSA) is 129 Å². The third-order valence-corrected chi connectivity index (χ3v) is 2.50. The van der Waals surface area contributed by atoms with Gasteiger partial charge in [0.05, 0.1) is 18.1 Å². The van der Waals surface area contributed by atoms with Crippen LogP contribution < -0.4 is 17.0 Å². The maximum Gasteiger partial charge on any atom is 0.224 e. The first-order valence-corrected chi connectivity index (χ1v) is 3.95. The van der Waals surface area contributed by atoms with Crippen LogP contribution in [0.1, 0.15) is 0 Å². The Bertz CT molecular complexity index is 274. The molecule has 6 heteroatoms. The second kappa shape index (κ2) is 3.39. The lowest BCUT2D eigenvalue weighted by molar-refractivity contribution is -0.313. The number of carbonyl (C=O) groups excluding carboxylic acids is 2. The smallest absolute Gasteiger partial charge is 0.224 e. The first-order chi connectivity index (χ1) is 6.11. The van der Waals surface area contributed by atoms with Crippen molar-refractivity contribution in [3.63, 3.8) is 0 Å². The predicted molar refractivity (Wildman–Crippen MR) is 45.0 cm³/mol. The van der Waals surface area contributed by atoms with Gasteiger partial charge in [0.1, 0.15) is 0 Å². The number of nitrogens with two attached hydrogens (primary N) is 1. The van der Waals surface area contributed by atoms with Crippen LogP contribution in [0.15, 0.2) is 12.2 Å². The van der Waals surface area contributed by atoms with E-state index in [2.05, 4.69) is 0 Å². The molecule has 0 aromatic carbocycles. The standard InChI is InChI=1S/C8H9NO4.H3N/c9-7(10)5-3-1-2-4(13-3)6(5)8(11)12;/h1-6H,(H2,9,10)(H,11,12);1H3/t3-,4-,5+,6-;/m0./s1. The Morgan fingerprint density at radius 3 is 2.07 bits per heavy atom. The van der Waals surface area contributed by atoms with E-state index in [0.717, 1.165) is 0 Å². The maximum absolute atomic E-state index is 10.9. The molecule has 1 fully saturated rings. The van der Waals surface area contributed by atoms with Gasteiger partial charge in [0, 0.05) is 11.9 Å². The summed E-state index contributed by atoms with van der Waals surface area (Å²) in [5, 5.41) is 10.7. The number of carbonyl (C=O) groups is 2. The van der Waals surface area contributed by atoms with E-state index in [1.54, 1.807) is 12.2 Å². The molecule has 0 aromatic rings. The number of amides is 1. The minimum Gasteiger partial charge on any atom is -0.550 e. The molecule has 4 atom stereocenters. The molecule has 2 bridgehead atoms. The minimum atomic E-state index is -1.28. The molecule has 2 heterocycles. The highest BCUT2D eigenvalue weighted by atomic mass is 16.5. The molecule has 1 saturated heterocycles. The summed E-state index contributed by atoms with van der Waals surface area (Å²) in [6, 6.07) is 0. The van der Waals surface area contributed by atoms with Gasteiger partial charge in [-0.15, -0.1) is 0 Å². The molecule has 2 rings (SSSR count). The van der Waals surface area contributed by atoms with Gasteiger partial charge in [-0.2, -0.15) is 0 Å². The Balaban J connectivity index is 0.000000980. The van der Waals surface area contributed by atoms with Gasteiger partial charge in [0.25, 0.3) is 0 Å². The van der Waals surface area contributed by atoms with E-state index in [9.17, 15) is 14.7 Å². The summed E-state index contributed by atoms with van der Waals surface area (Å²) in [5.74, 6) is -3.63. The summed E-state index contributed by atoms with van der Waals surface area (Å²) < 4.78 is 5.19. The van der Waals surface area contributed by atoms with Gasteiger partial charge in [-0.1, -0.05) is 12.2 Å². The van der Waals surface area contributed by atoms with Gasteiger partial charge in [-0.3, -0.25) is 4.79 Å². The first kappa shape index (κ1) is 10.7. The highest BCUT2D eigenvalue weighted by molar-refractivity contribution is 5.85. The zero-order chi connectivity index (χ0) is 9.59. The zero-order valence-electron chi connectivity index (χ0n) is 7.67. The average molecular weight is 200 g/mol. The van der Waals surface area contributed by atoms with E-state index >= 15 is 0 Å². The number of fused-ring (bicyclic) bond motifs is 2. The number of ether oxygens (including phenoxy) is 1. The first-order valence-electron chi connectivity index (χ1n) is 3.95. The Morgan fingerprint density at radius 2 is 1.71 bits per heavy atom. The summed E-state index contributed by atoms with van der Waals surface area (Å²) >= 11 is 0. The van der Waals surface area contributed by atoms with E-state index in [0.29, 0.717) is 0 Å². The Hall–Kier alpha value is -1.40. The van der Waals surface area contributed by atoms with Crippen molar-refractivity contribution in [1.29, 1.82) is 0 Å². The van der Waals surface area contributed by atoms with Gasteiger partial charge >= 0.3 is 0 Å². The van der Waals surface area contributed by atoms with Crippen molar-refractivity contribution in [2.45, 2.75) is 12.2 Å². The fraction of sp³-hybridized carbons (Fsp3) is 0.500. The molecule has 0 spiro atoms. The predicted octanol–water partition coefficient (Wildman–Crippen LogP) is -1.83. The quantitative estimate of drug-likeness (QED) is 0.507. The number of rotatable bonds is 2. The SMILES string of the molecule is NC(=O)[C@H]1[C@@H](C(=O)[O-])[C@@H]2C=C[C@@H]1O2.[NH4+]. The van der Waals surface area contributed by atoms with E-state index in [-0.39, 0.29) is 6.15 Å². The summed E-state index contributed by atoms with van der Waals surface area (Å²) in [6.07, 6.45) is 2.27. The highest BCUT2D eigenvalue weighted by Crippen LogP contribution is 2.38. The van der Waals surface area contributed by atoms with Gasteiger partial charge in [-0.25, -0.2) is 0 Å². The molecule has 0 radical (unpaired) electrons. The van der Waals surface area contributed by atoms with Gasteiger partial charge in [-0.05, 0) is 0 Å². The third kappa shape index (κ3) is 1.28. The lowest BCUT2D eigenvalue weighted by Gasteiger charge is -2.22. The highest BCUT2D eigenvalue weighted by Gasteiger charge is 2.49. The van der Waals surface area contributed by atoms with E-state index < -0.39 is 35.9 Å². The van der Waals surface area contributed by atoms with Crippen molar-refractivity contribution in [3.05, 3.63) is 12.2 Å². The fourth-order valence-corrected chi connectivity index (χ4v) is 1.93. The molecular formula is C8H12N2O4. The van der Waals surface area contributed by atoms with Crippen LogP contribution in [0.2, 0.25) is 0 Å². The minimum absolute atomic E-state index is 0. The van der Waals surface area contributed by atoms with Gasteiger partial charge in [0.15, 0.2) is 0 Å². The number of hydrogen-bond donors (Lipinski definition) is 2. The number of primary amides is 1. The molecule has 2 aliphatic heterocycles. The maximum atomic E-state index is 10.9. The third-order valence-electron chi connectivity index (χ3n) is 2.50. The van der Waals surface area contributed by atoms with Crippen molar-refractivity contribution in [3.8, 4) is 0 Å². The second-order valence-electron chi connectivity index (χ2n) is 3.22. The molecule has 0 saturated carbocycles. The lowest BCUT2D eigenvalue weighted by atomic mass is 9.83. The fourth-order valence-electron chi connectivity index (χ4n) is 1.93. The van der Waals surface area contributed by atoms with Crippen molar-refractivity contribution in [2.24, 2.45) is 17.6 Å². The molecule has 6 N–H and O–H groups in total. The summed E-state index contributed by atoms with van der Waals surface area (Å²) in [4.78, 5) is 21.6. The monoisotopic (exact) mass is 200 g/mol. The van der Waals surface area contributed by atoms with Gasteiger partial charge < -0.3 is 26.5 Å². The number of carboxylic acid groups (broad SMARTS) is 1. The number of carboxylic acids is 1. The van der Waals surface area contributed by atoms with Crippen LogP contribution >= 0.6 is 0 Å². The summed E-state index contributed by atoms with van der Waals surface area (Å²) in [7, 11) is 0. The van der Waals surface area contributed by atoms with Crippen LogP contribution in [0.4, 0.5) is 0 Å². The average Bonchev–Trinajstić information content (AvgIpc) is 2.60. The molecule has 0 unspecified atom stereocenters. The largest absolute Gasteiger partial charge is 0.550 e. The van der Waals surface area contributed by atoms with Crippen LogP contribution in [0.3, 0.4) is 0 Å². The normalized spacial score (nSPS) is 38.0. The molecule has 1 amide bonds. The molecule has 6 nitrogen and oxygen atoms in total. The Labute approximate surface area is 80.3 Å². The van der Waals surface area contributed by atoms with E-state index in [4.69, 9.17) is 10.5 Å². The molecule has 2 aliphatic rings. The Morgan fingerprint density at radius 1 is 1.21 bits per heavy atom. The van der Waals surface area contributed by atoms with Crippen LogP contribution in [0.5, 0.6) is 0 Å². The molecule has 0 aliphatic carbocycles. The van der Waals surface area contributed by atoms with Crippen molar-refractivity contribution in [1.82, 2.24) is 6.15 Å². The number of hydrogen-bond acceptors (Lipinski definition) is 4. The number of quaternary nitrogens is 1. The molecule has 14 heavy (non-hydrogen) atoms. The molecule has 0 aromatic heterocycles. The van der Waals surface area contributed by atoms with Crippen molar-refractivity contribution in [2.75, 3.05) is 0 Å². The second-order valence-corrected chi connectivity index (χ2v) is 3.22. The van der Waals surface area contributed by atoms with Crippen LogP contribution in [0.25, 0.3) is 0 Å². The van der Waals surface area contributed by atoms with Crippen LogP contribution in [-0.4, -0.2) is 24.1 Å². The lowest BCUT2D eigenvalue weighted by Crippen LogP contribution is -2.45.